The van der Waals surface area contributed by atoms with E-state index in [9.17, 15) is 15.3 Å². The molecule has 0 aliphatic carbocycles. The predicted octanol–water partition coefficient (Wildman–Crippen LogP) is -0.811. The molecule has 0 bridgehead atoms. The average molecular weight is 278 g/mol. The molecule has 0 radical (unpaired) electrons. The Morgan fingerprint density at radius 1 is 1.05 bits per heavy atom. The van der Waals surface area contributed by atoms with E-state index in [-0.39, 0.29) is 0 Å². The lowest BCUT2D eigenvalue weighted by molar-refractivity contribution is -0.214. The molecule has 5 heteroatoms. The van der Waals surface area contributed by atoms with Gasteiger partial charge in [0.1, 0.15) is 30.5 Å². The maximum atomic E-state index is 9.82. The summed E-state index contributed by atoms with van der Waals surface area (Å²) in [6.07, 6.45) is -5.94. The van der Waals surface area contributed by atoms with Gasteiger partial charge in [0.15, 0.2) is 0 Å². The first-order valence-electron chi connectivity index (χ1n) is 6.41. The lowest BCUT2D eigenvalue weighted by Crippen LogP contribution is -2.58. The number of benzene rings is 1. The molecule has 1 saturated heterocycles. The molecule has 5 nitrogen and oxygen atoms in total. The highest BCUT2D eigenvalue weighted by molar-refractivity contribution is 5.37. The van der Waals surface area contributed by atoms with E-state index in [1.165, 1.54) is 0 Å². The molecule has 1 aliphatic rings. The van der Waals surface area contributed by atoms with Gasteiger partial charge in [-0.05, 0) is 19.1 Å². The summed E-state index contributed by atoms with van der Waals surface area (Å²) in [4.78, 5) is 0. The van der Waals surface area contributed by atoms with Crippen LogP contribution in [0.25, 0.3) is 0 Å². The Kier molecular flexibility index (Phi) is 4.76. The molecule has 1 aromatic carbocycles. The number of aliphatic hydroxyl groups is 4. The van der Waals surface area contributed by atoms with Crippen molar-refractivity contribution < 1.29 is 25.2 Å². The maximum absolute atomic E-state index is 9.82. The molecule has 0 aromatic heterocycles. The first-order valence-corrected chi connectivity index (χ1v) is 6.41. The molecule has 5 atom stereocenters. The molecule has 4 N–H and O–H groups in total. The molecule has 1 fully saturated rings. The van der Waals surface area contributed by atoms with Gasteiger partial charge in [0.25, 0.3) is 0 Å². The van der Waals surface area contributed by atoms with Crippen LogP contribution >= 0.6 is 0 Å². The minimum absolute atomic E-state index is 0.451. The molecule has 0 amide bonds. The van der Waals surface area contributed by atoms with Crippen LogP contribution in [0, 0.1) is 18.8 Å². The van der Waals surface area contributed by atoms with E-state index in [4.69, 9.17) is 9.84 Å². The third-order valence-electron chi connectivity index (χ3n) is 3.30. The molecule has 1 aliphatic heterocycles. The normalized spacial score (nSPS) is 33.4. The Labute approximate surface area is 117 Å². The molecule has 20 heavy (non-hydrogen) atoms. The third-order valence-corrected chi connectivity index (χ3v) is 3.30. The first-order chi connectivity index (χ1) is 9.52. The van der Waals surface area contributed by atoms with Crippen LogP contribution in [0.1, 0.15) is 11.1 Å². The molecule has 1 aromatic rings. The van der Waals surface area contributed by atoms with Gasteiger partial charge in [0, 0.05) is 5.56 Å². The van der Waals surface area contributed by atoms with E-state index in [1.807, 2.05) is 31.2 Å². The maximum Gasteiger partial charge on any atom is 0.147 e. The molecule has 0 spiro atoms. The zero-order valence-electron chi connectivity index (χ0n) is 11.1. The van der Waals surface area contributed by atoms with Crippen LogP contribution in [0.3, 0.4) is 0 Å². The Balaban J connectivity index is 2.14. The Bertz CT molecular complexity index is 499. The van der Waals surface area contributed by atoms with Crippen molar-refractivity contribution in [1.29, 1.82) is 0 Å². The Morgan fingerprint density at radius 2 is 1.70 bits per heavy atom. The van der Waals surface area contributed by atoms with Crippen LogP contribution in [-0.2, 0) is 4.74 Å². The van der Waals surface area contributed by atoms with Gasteiger partial charge < -0.3 is 25.2 Å². The summed E-state index contributed by atoms with van der Waals surface area (Å²) in [7, 11) is 0. The van der Waals surface area contributed by atoms with E-state index in [0.29, 0.717) is 0 Å². The summed E-state index contributed by atoms with van der Waals surface area (Å²) >= 11 is 0. The van der Waals surface area contributed by atoms with Gasteiger partial charge >= 0.3 is 0 Å². The summed E-state index contributed by atoms with van der Waals surface area (Å²) in [5, 5.41) is 38.2. The highest BCUT2D eigenvalue weighted by Gasteiger charge is 2.42. The first kappa shape index (κ1) is 15.0. The van der Waals surface area contributed by atoms with Crippen LogP contribution in [0.2, 0.25) is 0 Å². The molecule has 2 rings (SSSR count). The van der Waals surface area contributed by atoms with Gasteiger partial charge in [-0.2, -0.15) is 0 Å². The van der Waals surface area contributed by atoms with Crippen LogP contribution < -0.4 is 0 Å². The Morgan fingerprint density at radius 3 is 2.30 bits per heavy atom. The quantitative estimate of drug-likeness (QED) is 0.504. The zero-order valence-corrected chi connectivity index (χ0v) is 11.1. The number of ether oxygens (including phenoxy) is 1. The fourth-order valence-electron chi connectivity index (χ4n) is 2.01. The zero-order chi connectivity index (χ0) is 14.7. The Hall–Kier alpha value is -1.42. The molecular formula is C15H18O5. The van der Waals surface area contributed by atoms with Crippen molar-refractivity contribution in [3.05, 3.63) is 35.4 Å². The number of hydrogen-bond donors (Lipinski definition) is 4. The van der Waals surface area contributed by atoms with Crippen molar-refractivity contribution in [1.82, 2.24) is 0 Å². The van der Waals surface area contributed by atoms with Crippen molar-refractivity contribution in [2.24, 2.45) is 0 Å². The number of hydrogen-bond acceptors (Lipinski definition) is 5. The molecule has 4 unspecified atom stereocenters. The van der Waals surface area contributed by atoms with Crippen LogP contribution in [-0.4, -0.2) is 57.6 Å². The number of aryl methyl sites for hydroxylation is 1. The smallest absolute Gasteiger partial charge is 0.147 e. The van der Waals surface area contributed by atoms with Crippen molar-refractivity contribution in [3.8, 4) is 11.8 Å². The summed E-state index contributed by atoms with van der Waals surface area (Å²) in [5.41, 5.74) is 1.87. The highest BCUT2D eigenvalue weighted by atomic mass is 16.5. The van der Waals surface area contributed by atoms with E-state index >= 15 is 0 Å². The number of rotatable bonds is 1. The monoisotopic (exact) mass is 278 g/mol. The minimum atomic E-state index is -1.39. The number of aliphatic hydroxyl groups excluding tert-OH is 4. The van der Waals surface area contributed by atoms with E-state index in [2.05, 4.69) is 11.8 Å². The molecular weight excluding hydrogens is 260 g/mol. The van der Waals surface area contributed by atoms with Crippen molar-refractivity contribution >= 4 is 0 Å². The third kappa shape index (κ3) is 3.18. The van der Waals surface area contributed by atoms with Crippen molar-refractivity contribution in [3.63, 3.8) is 0 Å². The SMILES string of the molecule is Cc1ccc(C#CC2OC(CO)[C@@H](O)C(O)C2O)cc1. The standard InChI is InChI=1S/C15H18O5/c1-9-2-4-10(5-3-9)6-7-11-13(17)15(19)14(18)12(8-16)20-11/h2-5,11-19H,8H2,1H3/t11?,12?,13?,14-,15?/m1/s1. The highest BCUT2D eigenvalue weighted by Crippen LogP contribution is 2.20. The topological polar surface area (TPSA) is 90.2 Å². The van der Waals surface area contributed by atoms with E-state index in [1.54, 1.807) is 0 Å². The van der Waals surface area contributed by atoms with Gasteiger partial charge in [-0.15, -0.1) is 0 Å². The molecule has 108 valence electrons. The second-order valence-corrected chi connectivity index (χ2v) is 4.88. The lowest BCUT2D eigenvalue weighted by Gasteiger charge is -2.37. The van der Waals surface area contributed by atoms with Gasteiger partial charge in [0.05, 0.1) is 6.61 Å². The molecule has 1 heterocycles. The summed E-state index contributed by atoms with van der Waals surface area (Å²) in [6, 6.07) is 7.51. The fraction of sp³-hybridized carbons (Fsp3) is 0.467. The average Bonchev–Trinajstić information content (AvgIpc) is 2.46. The predicted molar refractivity (Wildman–Crippen MR) is 71.8 cm³/mol. The van der Waals surface area contributed by atoms with Gasteiger partial charge in [0.2, 0.25) is 0 Å². The second kappa shape index (κ2) is 6.35. The van der Waals surface area contributed by atoms with E-state index in [0.717, 1.165) is 11.1 Å². The van der Waals surface area contributed by atoms with E-state index < -0.39 is 37.1 Å². The minimum Gasteiger partial charge on any atom is -0.394 e. The lowest BCUT2D eigenvalue weighted by atomic mass is 9.95. The van der Waals surface area contributed by atoms with Crippen LogP contribution in [0.15, 0.2) is 24.3 Å². The summed E-state index contributed by atoms with van der Waals surface area (Å²) < 4.78 is 5.29. The summed E-state index contributed by atoms with van der Waals surface area (Å²) in [6.45, 7) is 1.52. The summed E-state index contributed by atoms with van der Waals surface area (Å²) in [5.74, 6) is 5.56. The fourth-order valence-corrected chi connectivity index (χ4v) is 2.01. The van der Waals surface area contributed by atoms with Crippen molar-refractivity contribution in [2.75, 3.05) is 6.61 Å². The van der Waals surface area contributed by atoms with Gasteiger partial charge in [-0.1, -0.05) is 29.5 Å². The van der Waals surface area contributed by atoms with Gasteiger partial charge in [-0.3, -0.25) is 0 Å². The van der Waals surface area contributed by atoms with Crippen LogP contribution in [0.5, 0.6) is 0 Å². The molecule has 0 saturated carbocycles. The van der Waals surface area contributed by atoms with Crippen molar-refractivity contribution in [2.45, 2.75) is 37.4 Å². The largest absolute Gasteiger partial charge is 0.394 e. The van der Waals surface area contributed by atoms with Crippen LogP contribution in [0.4, 0.5) is 0 Å². The van der Waals surface area contributed by atoms with Gasteiger partial charge in [-0.25, -0.2) is 0 Å². The second-order valence-electron chi connectivity index (χ2n) is 4.88.